The van der Waals surface area contributed by atoms with Gasteiger partial charge in [0, 0.05) is 49.9 Å². The van der Waals surface area contributed by atoms with Crippen molar-refractivity contribution in [2.24, 2.45) is 14.1 Å². The van der Waals surface area contributed by atoms with Crippen LogP contribution in [0.15, 0.2) is 55.5 Å². The van der Waals surface area contributed by atoms with Gasteiger partial charge >= 0.3 is 0 Å². The fraction of sp³-hybridized carbons (Fsp3) is 0.222. The van der Waals surface area contributed by atoms with Gasteiger partial charge in [-0.15, -0.1) is 0 Å². The van der Waals surface area contributed by atoms with Crippen LogP contribution in [0.5, 0.6) is 0 Å². The number of rotatable bonds is 2. The summed E-state index contributed by atoms with van der Waals surface area (Å²) in [4.78, 5) is 11.2. The Morgan fingerprint density at radius 1 is 1.04 bits per heavy atom. The standard InChI is InChI=1S/C18H18N6/c1-22-8-15(19-10-22)14-5-3-4-12-13-6-7-24(18(13)21-17(12)14)16-9-23(2)11-20-16/h3-11,13,18,21H,1-2H3. The van der Waals surface area contributed by atoms with Crippen LogP contribution in [-0.4, -0.2) is 25.3 Å². The first-order chi connectivity index (χ1) is 11.7. The molecule has 2 aliphatic heterocycles. The van der Waals surface area contributed by atoms with E-state index in [2.05, 4.69) is 56.9 Å². The molecule has 1 aromatic carbocycles. The molecule has 24 heavy (non-hydrogen) atoms. The smallest absolute Gasteiger partial charge is 0.152 e. The van der Waals surface area contributed by atoms with E-state index in [1.54, 1.807) is 0 Å². The monoisotopic (exact) mass is 318 g/mol. The van der Waals surface area contributed by atoms with Crippen LogP contribution >= 0.6 is 0 Å². The molecule has 2 aromatic heterocycles. The second-order valence-electron chi connectivity index (χ2n) is 6.46. The summed E-state index contributed by atoms with van der Waals surface area (Å²) in [5.41, 5.74) is 4.64. The number of nitrogens with zero attached hydrogens (tertiary/aromatic N) is 5. The lowest BCUT2D eigenvalue weighted by Crippen LogP contribution is -2.34. The Balaban J connectivity index is 1.56. The van der Waals surface area contributed by atoms with E-state index in [1.807, 2.05) is 42.1 Å². The number of aryl methyl sites for hydroxylation is 2. The lowest BCUT2D eigenvalue weighted by molar-refractivity contribution is 0.723. The molecule has 2 atom stereocenters. The highest BCUT2D eigenvalue weighted by Gasteiger charge is 2.39. The van der Waals surface area contributed by atoms with Gasteiger partial charge in [-0.25, -0.2) is 9.97 Å². The van der Waals surface area contributed by atoms with Crippen LogP contribution in [0.3, 0.4) is 0 Å². The summed E-state index contributed by atoms with van der Waals surface area (Å²) in [7, 11) is 3.98. The molecule has 1 N–H and O–H groups in total. The van der Waals surface area contributed by atoms with Gasteiger partial charge in [0.1, 0.15) is 6.17 Å². The van der Waals surface area contributed by atoms with Gasteiger partial charge in [-0.3, -0.25) is 0 Å². The minimum atomic E-state index is 0.166. The van der Waals surface area contributed by atoms with Gasteiger partial charge in [0.05, 0.1) is 18.3 Å². The SMILES string of the molecule is Cn1cnc(-c2cccc3c2NC2C3C=CN2c2cn(C)cn2)c1. The number of benzene rings is 1. The highest BCUT2D eigenvalue weighted by molar-refractivity contribution is 5.82. The number of nitrogens with one attached hydrogen (secondary N) is 1. The van der Waals surface area contributed by atoms with Crippen molar-refractivity contribution in [2.75, 3.05) is 10.2 Å². The number of imidazole rings is 2. The van der Waals surface area contributed by atoms with E-state index in [9.17, 15) is 0 Å². The minimum Gasteiger partial charge on any atom is -0.363 e. The largest absolute Gasteiger partial charge is 0.363 e. The highest BCUT2D eigenvalue weighted by Crippen LogP contribution is 2.46. The van der Waals surface area contributed by atoms with Gasteiger partial charge in [-0.1, -0.05) is 24.3 Å². The Morgan fingerprint density at radius 2 is 1.88 bits per heavy atom. The quantitative estimate of drug-likeness (QED) is 0.789. The normalized spacial score (nSPS) is 21.0. The van der Waals surface area contributed by atoms with Crippen molar-refractivity contribution in [3.05, 3.63) is 61.1 Å². The van der Waals surface area contributed by atoms with Crippen LogP contribution in [0.1, 0.15) is 11.5 Å². The molecule has 6 nitrogen and oxygen atoms in total. The molecule has 2 aliphatic rings. The summed E-state index contributed by atoms with van der Waals surface area (Å²) in [5.74, 6) is 1.28. The van der Waals surface area contributed by atoms with E-state index in [0.717, 1.165) is 17.1 Å². The second-order valence-corrected chi connectivity index (χ2v) is 6.46. The summed E-state index contributed by atoms with van der Waals surface area (Å²) in [6, 6.07) is 6.44. The lowest BCUT2D eigenvalue weighted by Gasteiger charge is -2.24. The highest BCUT2D eigenvalue weighted by atomic mass is 15.3. The molecule has 0 saturated carbocycles. The van der Waals surface area contributed by atoms with Crippen molar-refractivity contribution < 1.29 is 0 Å². The predicted octanol–water partition coefficient (Wildman–Crippen LogP) is 2.69. The molecule has 0 aliphatic carbocycles. The molecule has 0 saturated heterocycles. The van der Waals surface area contributed by atoms with Crippen LogP contribution in [0.2, 0.25) is 0 Å². The lowest BCUT2D eigenvalue weighted by atomic mass is 9.97. The zero-order valence-electron chi connectivity index (χ0n) is 13.6. The average molecular weight is 318 g/mol. The van der Waals surface area contributed by atoms with Gasteiger partial charge in [-0.05, 0) is 5.56 Å². The van der Waals surface area contributed by atoms with Crippen molar-refractivity contribution in [3.63, 3.8) is 0 Å². The maximum absolute atomic E-state index is 4.51. The zero-order chi connectivity index (χ0) is 16.3. The Morgan fingerprint density at radius 3 is 2.62 bits per heavy atom. The molecule has 5 rings (SSSR count). The molecule has 0 spiro atoms. The predicted molar refractivity (Wildman–Crippen MR) is 93.6 cm³/mol. The first-order valence-electron chi connectivity index (χ1n) is 8.03. The molecule has 2 unspecified atom stereocenters. The third kappa shape index (κ3) is 1.83. The summed E-state index contributed by atoms with van der Waals surface area (Å²) in [6.07, 6.45) is 12.3. The molecule has 0 fully saturated rings. The first-order valence-corrected chi connectivity index (χ1v) is 8.03. The van der Waals surface area contributed by atoms with Crippen LogP contribution in [0.4, 0.5) is 11.5 Å². The molecule has 3 aromatic rings. The maximum atomic E-state index is 4.51. The maximum Gasteiger partial charge on any atom is 0.152 e. The molecule has 4 heterocycles. The number of fused-ring (bicyclic) bond motifs is 3. The van der Waals surface area contributed by atoms with Gasteiger partial charge in [0.25, 0.3) is 0 Å². The number of aromatic nitrogens is 4. The summed E-state index contributed by atoms with van der Waals surface area (Å²) >= 11 is 0. The molecule has 0 radical (unpaired) electrons. The number of hydrogen-bond acceptors (Lipinski definition) is 4. The topological polar surface area (TPSA) is 50.9 Å². The summed E-state index contributed by atoms with van der Waals surface area (Å²) < 4.78 is 3.95. The van der Waals surface area contributed by atoms with Crippen LogP contribution in [0.25, 0.3) is 11.3 Å². The van der Waals surface area contributed by atoms with Crippen molar-refractivity contribution in [2.45, 2.75) is 12.1 Å². The van der Waals surface area contributed by atoms with Crippen molar-refractivity contribution in [3.8, 4) is 11.3 Å². The molecular formula is C18H18N6. The average Bonchev–Trinajstić information content (AvgIpc) is 3.30. The van der Waals surface area contributed by atoms with Gasteiger partial charge < -0.3 is 19.4 Å². The Bertz CT molecular complexity index is 950. The summed E-state index contributed by atoms with van der Waals surface area (Å²) in [5, 5.41) is 3.70. The molecule has 0 amide bonds. The van der Waals surface area contributed by atoms with E-state index in [4.69, 9.17) is 0 Å². The Hall–Kier alpha value is -3.02. The van der Waals surface area contributed by atoms with Crippen LogP contribution in [-0.2, 0) is 14.1 Å². The molecule has 0 bridgehead atoms. The van der Waals surface area contributed by atoms with E-state index in [1.165, 1.54) is 11.3 Å². The van der Waals surface area contributed by atoms with Gasteiger partial charge in [0.15, 0.2) is 5.82 Å². The number of hydrogen-bond donors (Lipinski definition) is 1. The van der Waals surface area contributed by atoms with Crippen LogP contribution in [0, 0.1) is 0 Å². The van der Waals surface area contributed by atoms with Gasteiger partial charge in [0.2, 0.25) is 0 Å². The van der Waals surface area contributed by atoms with Crippen LogP contribution < -0.4 is 10.2 Å². The minimum absolute atomic E-state index is 0.166. The van der Waals surface area contributed by atoms with Crippen molar-refractivity contribution >= 4 is 11.5 Å². The Kier molecular flexibility index (Phi) is 2.65. The fourth-order valence-corrected chi connectivity index (χ4v) is 3.66. The second kappa shape index (κ2) is 4.74. The zero-order valence-corrected chi connectivity index (χ0v) is 13.6. The number of anilines is 2. The van der Waals surface area contributed by atoms with E-state index in [0.29, 0.717) is 5.92 Å². The third-order valence-corrected chi connectivity index (χ3v) is 4.78. The third-order valence-electron chi connectivity index (χ3n) is 4.78. The number of para-hydroxylation sites is 1. The molecular weight excluding hydrogens is 300 g/mol. The van der Waals surface area contributed by atoms with Crippen molar-refractivity contribution in [1.29, 1.82) is 0 Å². The fourth-order valence-electron chi connectivity index (χ4n) is 3.66. The molecule has 6 heteroatoms. The van der Waals surface area contributed by atoms with E-state index in [-0.39, 0.29) is 6.17 Å². The first kappa shape index (κ1) is 13.4. The van der Waals surface area contributed by atoms with E-state index >= 15 is 0 Å². The Labute approximate surface area is 140 Å². The van der Waals surface area contributed by atoms with Gasteiger partial charge in [-0.2, -0.15) is 0 Å². The summed E-state index contributed by atoms with van der Waals surface area (Å²) in [6.45, 7) is 0. The molecule has 120 valence electrons. The van der Waals surface area contributed by atoms with Crippen molar-refractivity contribution in [1.82, 2.24) is 19.1 Å². The van der Waals surface area contributed by atoms with E-state index < -0.39 is 0 Å².